The highest BCUT2D eigenvalue weighted by Crippen LogP contribution is 2.28. The predicted molar refractivity (Wildman–Crippen MR) is 104 cm³/mol. The molecular formula is C20H23N5O2. The summed E-state index contributed by atoms with van der Waals surface area (Å²) >= 11 is 0. The number of non-ortho nitro benzene ring substituents is 1. The first-order valence-electron chi connectivity index (χ1n) is 9.64. The molecule has 2 aliphatic heterocycles. The second-order valence-corrected chi connectivity index (χ2v) is 7.44. The van der Waals surface area contributed by atoms with Gasteiger partial charge in [-0.3, -0.25) is 15.0 Å². The van der Waals surface area contributed by atoms with Crippen LogP contribution < -0.4 is 4.90 Å². The van der Waals surface area contributed by atoms with Crippen molar-refractivity contribution < 1.29 is 4.92 Å². The lowest BCUT2D eigenvalue weighted by Gasteiger charge is -2.31. The van der Waals surface area contributed by atoms with Gasteiger partial charge in [0.15, 0.2) is 0 Å². The van der Waals surface area contributed by atoms with E-state index in [2.05, 4.69) is 15.9 Å². The maximum Gasteiger partial charge on any atom is 0.270 e. The molecule has 0 aliphatic carbocycles. The topological polar surface area (TPSA) is 86.3 Å². The first-order chi connectivity index (χ1) is 13.2. The lowest BCUT2D eigenvalue weighted by molar-refractivity contribution is -0.384. The standard InChI is InChI=1S/C20H23N5O2/c21-13-15-11-20(22-19-7-6-16(25(26)27)12-18(15)19)24-10-2-1-5-17(14-24)23-8-3-4-9-23/h6-7,11-12,17H,1-5,8-10,14H2. The van der Waals surface area contributed by atoms with Gasteiger partial charge in [-0.25, -0.2) is 4.98 Å². The number of hydrogen-bond acceptors (Lipinski definition) is 6. The Kier molecular flexibility index (Phi) is 4.90. The number of anilines is 1. The zero-order chi connectivity index (χ0) is 18.8. The first-order valence-corrected chi connectivity index (χ1v) is 9.64. The average molecular weight is 365 g/mol. The minimum Gasteiger partial charge on any atom is -0.355 e. The second-order valence-electron chi connectivity index (χ2n) is 7.44. The largest absolute Gasteiger partial charge is 0.355 e. The molecule has 0 N–H and O–H groups in total. The number of aromatic nitrogens is 1. The zero-order valence-corrected chi connectivity index (χ0v) is 15.3. The summed E-state index contributed by atoms with van der Waals surface area (Å²) in [6.45, 7) is 4.21. The molecule has 4 rings (SSSR count). The molecule has 1 aromatic carbocycles. The number of pyridine rings is 1. The van der Waals surface area contributed by atoms with E-state index in [0.29, 0.717) is 22.5 Å². The van der Waals surface area contributed by atoms with Crippen molar-refractivity contribution in [3.63, 3.8) is 0 Å². The van der Waals surface area contributed by atoms with Crippen molar-refractivity contribution in [1.29, 1.82) is 5.26 Å². The highest BCUT2D eigenvalue weighted by molar-refractivity contribution is 5.88. The molecule has 1 atom stereocenters. The molecule has 0 amide bonds. The van der Waals surface area contributed by atoms with Gasteiger partial charge >= 0.3 is 0 Å². The van der Waals surface area contributed by atoms with E-state index in [1.807, 2.05) is 0 Å². The van der Waals surface area contributed by atoms with Gasteiger partial charge in [0.05, 0.1) is 22.1 Å². The third-order valence-corrected chi connectivity index (χ3v) is 5.74. The van der Waals surface area contributed by atoms with Gasteiger partial charge in [0.1, 0.15) is 5.82 Å². The smallest absolute Gasteiger partial charge is 0.270 e. The fourth-order valence-corrected chi connectivity index (χ4v) is 4.30. The van der Waals surface area contributed by atoms with Gasteiger partial charge < -0.3 is 4.90 Å². The minimum absolute atomic E-state index is 0.0163. The Morgan fingerprint density at radius 3 is 2.67 bits per heavy atom. The highest BCUT2D eigenvalue weighted by Gasteiger charge is 2.27. The fourth-order valence-electron chi connectivity index (χ4n) is 4.30. The van der Waals surface area contributed by atoms with Crippen LogP contribution in [0.2, 0.25) is 0 Å². The molecule has 2 aliphatic rings. The van der Waals surface area contributed by atoms with Crippen LogP contribution in [0.15, 0.2) is 24.3 Å². The summed E-state index contributed by atoms with van der Waals surface area (Å²) in [6.07, 6.45) is 6.10. The summed E-state index contributed by atoms with van der Waals surface area (Å²) in [5.41, 5.74) is 1.06. The number of nitro groups is 1. The molecule has 0 spiro atoms. The van der Waals surface area contributed by atoms with Crippen molar-refractivity contribution in [2.45, 2.75) is 38.1 Å². The van der Waals surface area contributed by atoms with E-state index < -0.39 is 4.92 Å². The van der Waals surface area contributed by atoms with E-state index in [0.717, 1.165) is 25.3 Å². The van der Waals surface area contributed by atoms with Gasteiger partial charge in [0, 0.05) is 36.7 Å². The van der Waals surface area contributed by atoms with E-state index >= 15 is 0 Å². The van der Waals surface area contributed by atoms with Gasteiger partial charge in [-0.05, 0) is 50.9 Å². The summed E-state index contributed by atoms with van der Waals surface area (Å²) in [4.78, 5) is 20.2. The number of benzene rings is 1. The van der Waals surface area contributed by atoms with Crippen LogP contribution in [0.5, 0.6) is 0 Å². The number of likely N-dealkylation sites (tertiary alicyclic amines) is 1. The molecule has 3 heterocycles. The molecule has 7 nitrogen and oxygen atoms in total. The van der Waals surface area contributed by atoms with E-state index in [4.69, 9.17) is 4.98 Å². The lowest BCUT2D eigenvalue weighted by Crippen LogP contribution is -2.41. The van der Waals surface area contributed by atoms with Gasteiger partial charge in [-0.15, -0.1) is 0 Å². The molecular weight excluding hydrogens is 342 g/mol. The van der Waals surface area contributed by atoms with Crippen molar-refractivity contribution in [1.82, 2.24) is 9.88 Å². The summed E-state index contributed by atoms with van der Waals surface area (Å²) in [5.74, 6) is 0.805. The minimum atomic E-state index is -0.441. The molecule has 7 heteroatoms. The van der Waals surface area contributed by atoms with Crippen LogP contribution in [0, 0.1) is 21.4 Å². The summed E-state index contributed by atoms with van der Waals surface area (Å²) < 4.78 is 0. The normalized spacial score (nSPS) is 21.1. The van der Waals surface area contributed by atoms with Crippen LogP contribution in [0.1, 0.15) is 37.7 Å². The second kappa shape index (κ2) is 7.49. The van der Waals surface area contributed by atoms with Crippen molar-refractivity contribution >= 4 is 22.4 Å². The Hall–Kier alpha value is -2.72. The number of nitriles is 1. The van der Waals surface area contributed by atoms with E-state index in [9.17, 15) is 15.4 Å². The number of rotatable bonds is 3. The molecule has 140 valence electrons. The van der Waals surface area contributed by atoms with Crippen LogP contribution in [-0.2, 0) is 0 Å². The number of nitrogens with zero attached hydrogens (tertiary/aromatic N) is 5. The Balaban J connectivity index is 1.68. The van der Waals surface area contributed by atoms with E-state index in [1.165, 1.54) is 50.9 Å². The Morgan fingerprint density at radius 2 is 1.93 bits per heavy atom. The molecule has 1 aromatic heterocycles. The molecule has 2 saturated heterocycles. The average Bonchev–Trinajstić information content (AvgIpc) is 3.11. The van der Waals surface area contributed by atoms with Crippen molar-refractivity contribution in [2.24, 2.45) is 0 Å². The van der Waals surface area contributed by atoms with Crippen LogP contribution in [0.3, 0.4) is 0 Å². The third kappa shape index (κ3) is 3.58. The van der Waals surface area contributed by atoms with Crippen LogP contribution in [0.4, 0.5) is 11.5 Å². The maximum atomic E-state index is 11.0. The molecule has 0 radical (unpaired) electrons. The lowest BCUT2D eigenvalue weighted by atomic mass is 10.1. The Morgan fingerprint density at radius 1 is 1.15 bits per heavy atom. The SMILES string of the molecule is N#Cc1cc(N2CCCCC(N3CCCC3)C2)nc2ccc([N+](=O)[O-])cc12. The first kappa shape index (κ1) is 17.7. The Labute approximate surface area is 158 Å². The van der Waals surface area contributed by atoms with Gasteiger partial charge in [-0.2, -0.15) is 5.26 Å². The molecule has 0 saturated carbocycles. The van der Waals surface area contributed by atoms with Gasteiger partial charge in [0.2, 0.25) is 0 Å². The third-order valence-electron chi connectivity index (χ3n) is 5.74. The molecule has 1 unspecified atom stereocenters. The van der Waals surface area contributed by atoms with Crippen LogP contribution in [-0.4, -0.2) is 47.0 Å². The quantitative estimate of drug-likeness (QED) is 0.611. The monoisotopic (exact) mass is 365 g/mol. The van der Waals surface area contributed by atoms with Gasteiger partial charge in [-0.1, -0.05) is 6.42 Å². The fraction of sp³-hybridized carbons (Fsp3) is 0.500. The molecule has 0 bridgehead atoms. The maximum absolute atomic E-state index is 11.0. The molecule has 2 fully saturated rings. The van der Waals surface area contributed by atoms with E-state index in [-0.39, 0.29) is 5.69 Å². The number of nitro benzene ring substituents is 1. The Bertz CT molecular complexity index is 901. The van der Waals surface area contributed by atoms with Crippen LogP contribution >= 0.6 is 0 Å². The summed E-state index contributed by atoms with van der Waals surface area (Å²) in [5, 5.41) is 21.2. The van der Waals surface area contributed by atoms with Crippen molar-refractivity contribution in [2.75, 3.05) is 31.1 Å². The van der Waals surface area contributed by atoms with Crippen LogP contribution in [0.25, 0.3) is 10.9 Å². The van der Waals surface area contributed by atoms with Crippen molar-refractivity contribution in [3.05, 3.63) is 39.9 Å². The molecule has 27 heavy (non-hydrogen) atoms. The number of hydrogen-bond donors (Lipinski definition) is 0. The number of fused-ring (bicyclic) bond motifs is 1. The molecule has 2 aromatic rings. The highest BCUT2D eigenvalue weighted by atomic mass is 16.6. The van der Waals surface area contributed by atoms with E-state index in [1.54, 1.807) is 12.1 Å². The predicted octanol–water partition coefficient (Wildman–Crippen LogP) is 3.47. The van der Waals surface area contributed by atoms with Gasteiger partial charge in [0.25, 0.3) is 5.69 Å². The summed E-state index contributed by atoms with van der Waals surface area (Å²) in [6, 6.07) is 9.07. The summed E-state index contributed by atoms with van der Waals surface area (Å²) in [7, 11) is 0. The van der Waals surface area contributed by atoms with Crippen molar-refractivity contribution in [3.8, 4) is 6.07 Å². The zero-order valence-electron chi connectivity index (χ0n) is 15.3.